The third kappa shape index (κ3) is 2.64. The van der Waals surface area contributed by atoms with Crippen molar-refractivity contribution >= 4 is 33.2 Å². The maximum Gasteiger partial charge on any atom is 0.263 e. The van der Waals surface area contributed by atoms with Crippen LogP contribution in [-0.4, -0.2) is 37.0 Å². The van der Waals surface area contributed by atoms with Crippen LogP contribution in [0.5, 0.6) is 0 Å². The minimum Gasteiger partial charge on any atom is -0.338 e. The summed E-state index contributed by atoms with van der Waals surface area (Å²) in [6.07, 6.45) is 2.10. The van der Waals surface area contributed by atoms with Crippen molar-refractivity contribution in [2.75, 3.05) is 20.1 Å². The largest absolute Gasteiger partial charge is 0.338 e. The van der Waals surface area contributed by atoms with Crippen LogP contribution in [0.25, 0.3) is 0 Å². The lowest BCUT2D eigenvalue weighted by atomic mass is 10.1. The van der Waals surface area contributed by atoms with Gasteiger partial charge in [-0.1, -0.05) is 0 Å². The van der Waals surface area contributed by atoms with Gasteiger partial charge in [-0.15, -0.1) is 11.3 Å². The van der Waals surface area contributed by atoms with Gasteiger partial charge in [0.25, 0.3) is 5.91 Å². The lowest BCUT2D eigenvalue weighted by Gasteiger charge is -2.31. The predicted octanol–water partition coefficient (Wildman–Crippen LogP) is 2.33. The van der Waals surface area contributed by atoms with E-state index in [1.807, 2.05) is 23.4 Å². The van der Waals surface area contributed by atoms with Gasteiger partial charge in [-0.25, -0.2) is 0 Å². The number of amides is 1. The fourth-order valence-corrected chi connectivity index (χ4v) is 3.37. The first-order valence-electron chi connectivity index (χ1n) is 5.40. The van der Waals surface area contributed by atoms with E-state index in [9.17, 15) is 4.79 Å². The van der Waals surface area contributed by atoms with Crippen LogP contribution >= 0.6 is 27.3 Å². The Morgan fingerprint density at radius 2 is 2.25 bits per heavy atom. The van der Waals surface area contributed by atoms with Gasteiger partial charge in [-0.2, -0.15) is 0 Å². The van der Waals surface area contributed by atoms with Gasteiger partial charge in [-0.3, -0.25) is 4.79 Å². The Morgan fingerprint density at radius 1 is 1.56 bits per heavy atom. The van der Waals surface area contributed by atoms with Crippen molar-refractivity contribution in [3.05, 3.63) is 20.8 Å². The zero-order valence-electron chi connectivity index (χ0n) is 9.20. The molecule has 1 fully saturated rings. The molecule has 1 aliphatic heterocycles. The second kappa shape index (κ2) is 5.29. The van der Waals surface area contributed by atoms with Gasteiger partial charge in [0, 0.05) is 22.9 Å². The highest BCUT2D eigenvalue weighted by atomic mass is 79.9. The molecule has 0 radical (unpaired) electrons. The van der Waals surface area contributed by atoms with Crippen LogP contribution in [0.15, 0.2) is 15.9 Å². The Balaban J connectivity index is 2.03. The van der Waals surface area contributed by atoms with Crippen LogP contribution in [-0.2, 0) is 0 Å². The quantitative estimate of drug-likeness (QED) is 0.909. The second-order valence-corrected chi connectivity index (χ2v) is 5.85. The van der Waals surface area contributed by atoms with Crippen LogP contribution in [0.1, 0.15) is 22.5 Å². The normalized spacial score (nSPS) is 17.4. The summed E-state index contributed by atoms with van der Waals surface area (Å²) >= 11 is 4.87. The van der Waals surface area contributed by atoms with Crippen molar-refractivity contribution in [3.8, 4) is 0 Å². The monoisotopic (exact) mass is 302 g/mol. The van der Waals surface area contributed by atoms with E-state index in [-0.39, 0.29) is 5.91 Å². The van der Waals surface area contributed by atoms with E-state index in [0.29, 0.717) is 6.04 Å². The molecule has 1 amide bonds. The fourth-order valence-electron chi connectivity index (χ4n) is 1.96. The molecule has 0 saturated carbocycles. The Bertz CT molecular complexity index is 374. The first-order chi connectivity index (χ1) is 7.68. The van der Waals surface area contributed by atoms with Gasteiger partial charge in [0.2, 0.25) is 0 Å². The molecular weight excluding hydrogens is 288 g/mol. The summed E-state index contributed by atoms with van der Waals surface area (Å²) in [5.74, 6) is 0.141. The number of carbonyl (C=O) groups is 1. The molecule has 1 aromatic rings. The maximum atomic E-state index is 12.2. The van der Waals surface area contributed by atoms with Crippen LogP contribution in [0.4, 0.5) is 0 Å². The first-order valence-corrected chi connectivity index (χ1v) is 7.07. The lowest BCUT2D eigenvalue weighted by molar-refractivity contribution is 0.0708. The van der Waals surface area contributed by atoms with Gasteiger partial charge in [-0.05, 0) is 47.9 Å². The number of halogens is 1. The molecule has 2 heterocycles. The number of hydrogen-bond acceptors (Lipinski definition) is 3. The molecule has 2 rings (SSSR count). The summed E-state index contributed by atoms with van der Waals surface area (Å²) in [4.78, 5) is 14.9. The molecule has 0 bridgehead atoms. The highest BCUT2D eigenvalue weighted by Crippen LogP contribution is 2.22. The van der Waals surface area contributed by atoms with Gasteiger partial charge in [0.05, 0.1) is 4.88 Å². The smallest absolute Gasteiger partial charge is 0.263 e. The van der Waals surface area contributed by atoms with Crippen LogP contribution in [0.3, 0.4) is 0 Å². The Kier molecular flexibility index (Phi) is 4.00. The summed E-state index contributed by atoms with van der Waals surface area (Å²) in [7, 11) is 1.91. The molecule has 0 atom stereocenters. The molecule has 1 saturated heterocycles. The number of carbonyl (C=O) groups excluding carboxylic acids is 1. The minimum atomic E-state index is 0.141. The zero-order chi connectivity index (χ0) is 11.5. The molecule has 0 aromatic carbocycles. The van der Waals surface area contributed by atoms with E-state index in [1.165, 1.54) is 11.3 Å². The van der Waals surface area contributed by atoms with Crippen molar-refractivity contribution in [2.45, 2.75) is 18.9 Å². The molecule has 1 N–H and O–H groups in total. The third-order valence-electron chi connectivity index (χ3n) is 2.95. The van der Waals surface area contributed by atoms with Crippen LogP contribution in [0.2, 0.25) is 0 Å². The van der Waals surface area contributed by atoms with E-state index in [2.05, 4.69) is 21.2 Å². The molecular formula is C11H15BrN2OS. The maximum absolute atomic E-state index is 12.2. The van der Waals surface area contributed by atoms with Crippen molar-refractivity contribution in [2.24, 2.45) is 0 Å². The second-order valence-electron chi connectivity index (χ2n) is 4.03. The zero-order valence-corrected chi connectivity index (χ0v) is 11.6. The molecule has 5 heteroatoms. The standard InChI is InChI=1S/C11H15BrN2OS/c1-14(9-2-4-13-5-3-9)11(15)10-6-8(12)7-16-10/h6-7,9,13H,2-5H2,1H3. The van der Waals surface area contributed by atoms with Crippen molar-refractivity contribution in [1.82, 2.24) is 10.2 Å². The molecule has 1 aromatic heterocycles. The van der Waals surface area contributed by atoms with Crippen molar-refractivity contribution < 1.29 is 4.79 Å². The fraction of sp³-hybridized carbons (Fsp3) is 0.545. The Hall–Kier alpha value is -0.390. The van der Waals surface area contributed by atoms with Gasteiger partial charge < -0.3 is 10.2 Å². The van der Waals surface area contributed by atoms with Crippen molar-refractivity contribution in [3.63, 3.8) is 0 Å². The summed E-state index contributed by atoms with van der Waals surface area (Å²) in [6.45, 7) is 2.02. The number of nitrogens with one attached hydrogen (secondary N) is 1. The minimum absolute atomic E-state index is 0.141. The molecule has 0 aliphatic carbocycles. The summed E-state index contributed by atoms with van der Waals surface area (Å²) in [5.41, 5.74) is 0. The lowest BCUT2D eigenvalue weighted by Crippen LogP contribution is -2.43. The Labute approximate surface area is 108 Å². The third-order valence-corrected chi connectivity index (χ3v) is 4.63. The molecule has 16 heavy (non-hydrogen) atoms. The molecule has 0 spiro atoms. The number of piperidine rings is 1. The predicted molar refractivity (Wildman–Crippen MR) is 70.0 cm³/mol. The number of nitrogens with zero attached hydrogens (tertiary/aromatic N) is 1. The van der Waals surface area contributed by atoms with Gasteiger partial charge in [0.15, 0.2) is 0 Å². The highest BCUT2D eigenvalue weighted by molar-refractivity contribution is 9.10. The molecule has 0 unspecified atom stereocenters. The topological polar surface area (TPSA) is 32.3 Å². The molecule has 88 valence electrons. The van der Waals surface area contributed by atoms with E-state index >= 15 is 0 Å². The molecule has 1 aliphatic rings. The van der Waals surface area contributed by atoms with Crippen molar-refractivity contribution in [1.29, 1.82) is 0 Å². The summed E-state index contributed by atoms with van der Waals surface area (Å²) in [5, 5.41) is 5.26. The van der Waals surface area contributed by atoms with Gasteiger partial charge >= 0.3 is 0 Å². The average molecular weight is 303 g/mol. The van der Waals surface area contributed by atoms with Gasteiger partial charge in [0.1, 0.15) is 0 Å². The number of thiophene rings is 1. The SMILES string of the molecule is CN(C(=O)c1cc(Br)cs1)C1CCNCC1. The summed E-state index contributed by atoms with van der Waals surface area (Å²) < 4.78 is 0.986. The molecule has 3 nitrogen and oxygen atoms in total. The number of hydrogen-bond donors (Lipinski definition) is 1. The number of rotatable bonds is 2. The summed E-state index contributed by atoms with van der Waals surface area (Å²) in [6, 6.07) is 2.28. The Morgan fingerprint density at radius 3 is 2.81 bits per heavy atom. The first kappa shape index (κ1) is 12.1. The van der Waals surface area contributed by atoms with Crippen LogP contribution < -0.4 is 5.32 Å². The van der Waals surface area contributed by atoms with E-state index in [0.717, 1.165) is 35.3 Å². The van der Waals surface area contributed by atoms with E-state index in [1.54, 1.807) is 0 Å². The average Bonchev–Trinajstić information content (AvgIpc) is 2.75. The van der Waals surface area contributed by atoms with E-state index < -0.39 is 0 Å². The van der Waals surface area contributed by atoms with Crippen LogP contribution in [0, 0.1) is 0 Å². The van der Waals surface area contributed by atoms with E-state index in [4.69, 9.17) is 0 Å². The highest BCUT2D eigenvalue weighted by Gasteiger charge is 2.23.